The second kappa shape index (κ2) is 6.29. The second-order valence-corrected chi connectivity index (χ2v) is 3.85. The Balaban J connectivity index is 0.00000128. The molecule has 2 heteroatoms. The molecule has 0 saturated heterocycles. The Morgan fingerprint density at radius 3 is 2.19 bits per heavy atom. The van der Waals surface area contributed by atoms with Crippen molar-refractivity contribution in [2.45, 2.75) is 19.9 Å². The predicted octanol–water partition coefficient (Wildman–Crippen LogP) is -0.471. The molecule has 16 heavy (non-hydrogen) atoms. The molecule has 2 aromatic rings. The van der Waals surface area contributed by atoms with Crippen molar-refractivity contribution in [2.75, 3.05) is 0 Å². The van der Waals surface area contributed by atoms with Crippen LogP contribution in [0.15, 0.2) is 54.9 Å². The number of hydrogen-bond donors (Lipinski definition) is 0. The smallest absolute Gasteiger partial charge is 0.169 e. The molecule has 1 heterocycles. The summed E-state index contributed by atoms with van der Waals surface area (Å²) in [5, 5.41) is 0. The first kappa shape index (κ1) is 12.7. The summed E-state index contributed by atoms with van der Waals surface area (Å²) in [6, 6.07) is 14.9. The monoisotopic (exact) mass is 233 g/mol. The molecule has 2 rings (SSSR count). The van der Waals surface area contributed by atoms with Gasteiger partial charge in [-0.3, -0.25) is 0 Å². The van der Waals surface area contributed by atoms with Gasteiger partial charge in [-0.2, -0.15) is 0 Å². The van der Waals surface area contributed by atoms with Crippen molar-refractivity contribution in [1.82, 2.24) is 0 Å². The van der Waals surface area contributed by atoms with Crippen LogP contribution < -0.4 is 17.0 Å². The van der Waals surface area contributed by atoms with Gasteiger partial charge in [0.25, 0.3) is 0 Å². The van der Waals surface area contributed by atoms with E-state index in [0.29, 0.717) is 0 Å². The maximum absolute atomic E-state index is 2.22. The molecule has 0 unspecified atom stereocenters. The highest BCUT2D eigenvalue weighted by Gasteiger charge is 1.99. The number of benzene rings is 1. The summed E-state index contributed by atoms with van der Waals surface area (Å²) in [4.78, 5) is 0. The highest BCUT2D eigenvalue weighted by Crippen LogP contribution is 1.99. The van der Waals surface area contributed by atoms with E-state index in [-0.39, 0.29) is 12.4 Å². The lowest BCUT2D eigenvalue weighted by molar-refractivity contribution is -0.696. The molecule has 0 radical (unpaired) electrons. The summed E-state index contributed by atoms with van der Waals surface area (Å²) in [5.74, 6) is 0. The van der Waals surface area contributed by atoms with Gasteiger partial charge < -0.3 is 12.4 Å². The van der Waals surface area contributed by atoms with E-state index in [2.05, 4.69) is 66.3 Å². The number of nitrogens with zero attached hydrogens (tertiary/aromatic N) is 1. The van der Waals surface area contributed by atoms with Gasteiger partial charge in [-0.15, -0.1) is 0 Å². The zero-order valence-electron chi connectivity index (χ0n) is 9.44. The normalized spacial score (nSPS) is 9.56. The fraction of sp³-hybridized carbons (Fsp3) is 0.214. The SMILES string of the molecule is Cc1cc[n+](CCc2ccccc2)cc1.[Cl-]. The van der Waals surface area contributed by atoms with Crippen LogP contribution in [0, 0.1) is 6.92 Å². The standard InChI is InChI=1S/C14H16N.ClH/c1-13-7-10-15(11-8-13)12-9-14-5-3-2-4-6-14;/h2-8,10-11H,9,12H2,1H3;1H/q+1;/p-1. The van der Waals surface area contributed by atoms with Crippen LogP contribution in [-0.4, -0.2) is 0 Å². The Morgan fingerprint density at radius 1 is 0.938 bits per heavy atom. The van der Waals surface area contributed by atoms with Crippen molar-refractivity contribution in [2.24, 2.45) is 0 Å². The number of aryl methyl sites for hydroxylation is 3. The fourth-order valence-corrected chi connectivity index (χ4v) is 1.58. The van der Waals surface area contributed by atoms with Gasteiger partial charge in [-0.05, 0) is 18.1 Å². The molecule has 1 aromatic heterocycles. The van der Waals surface area contributed by atoms with Crippen molar-refractivity contribution < 1.29 is 17.0 Å². The van der Waals surface area contributed by atoms with Crippen LogP contribution in [-0.2, 0) is 13.0 Å². The Bertz CT molecular complexity index is 409. The van der Waals surface area contributed by atoms with Crippen molar-refractivity contribution >= 4 is 0 Å². The summed E-state index contributed by atoms with van der Waals surface area (Å²) in [7, 11) is 0. The van der Waals surface area contributed by atoms with E-state index >= 15 is 0 Å². The molecule has 1 aromatic carbocycles. The molecule has 0 aliphatic carbocycles. The van der Waals surface area contributed by atoms with E-state index in [0.717, 1.165) is 13.0 Å². The van der Waals surface area contributed by atoms with Crippen molar-refractivity contribution in [3.63, 3.8) is 0 Å². The molecule has 0 atom stereocenters. The lowest BCUT2D eigenvalue weighted by Gasteiger charge is -1.98. The van der Waals surface area contributed by atoms with Gasteiger partial charge in [0.1, 0.15) is 0 Å². The van der Waals surface area contributed by atoms with E-state index in [1.54, 1.807) is 0 Å². The Labute approximate surface area is 103 Å². The molecule has 1 nitrogen and oxygen atoms in total. The van der Waals surface area contributed by atoms with Crippen LogP contribution in [0.25, 0.3) is 0 Å². The summed E-state index contributed by atoms with van der Waals surface area (Å²) in [6.07, 6.45) is 5.37. The summed E-state index contributed by atoms with van der Waals surface area (Å²) in [6.45, 7) is 3.16. The molecular formula is C14H16ClN. The van der Waals surface area contributed by atoms with Crippen LogP contribution in [0.5, 0.6) is 0 Å². The third-order valence-electron chi connectivity index (χ3n) is 2.56. The number of hydrogen-bond acceptors (Lipinski definition) is 0. The zero-order chi connectivity index (χ0) is 10.5. The van der Waals surface area contributed by atoms with Crippen molar-refractivity contribution in [3.8, 4) is 0 Å². The number of halogens is 1. The van der Waals surface area contributed by atoms with Crippen LogP contribution >= 0.6 is 0 Å². The van der Waals surface area contributed by atoms with Gasteiger partial charge in [-0.25, -0.2) is 4.57 Å². The average Bonchev–Trinajstić information content (AvgIpc) is 2.30. The number of rotatable bonds is 3. The largest absolute Gasteiger partial charge is 1.00 e. The summed E-state index contributed by atoms with van der Waals surface area (Å²) in [5.41, 5.74) is 2.71. The Morgan fingerprint density at radius 2 is 1.56 bits per heavy atom. The van der Waals surface area contributed by atoms with Crippen molar-refractivity contribution in [1.29, 1.82) is 0 Å². The Hall–Kier alpha value is -1.34. The van der Waals surface area contributed by atoms with E-state index in [1.165, 1.54) is 11.1 Å². The molecule has 0 spiro atoms. The van der Waals surface area contributed by atoms with Crippen LogP contribution in [0.3, 0.4) is 0 Å². The summed E-state index contributed by atoms with van der Waals surface area (Å²) < 4.78 is 2.22. The topological polar surface area (TPSA) is 3.88 Å². The van der Waals surface area contributed by atoms with Crippen LogP contribution in [0.2, 0.25) is 0 Å². The summed E-state index contributed by atoms with van der Waals surface area (Å²) >= 11 is 0. The zero-order valence-corrected chi connectivity index (χ0v) is 10.2. The third-order valence-corrected chi connectivity index (χ3v) is 2.56. The minimum Gasteiger partial charge on any atom is -1.00 e. The minimum absolute atomic E-state index is 0. The van der Waals surface area contributed by atoms with Gasteiger partial charge in [0.15, 0.2) is 18.9 Å². The van der Waals surface area contributed by atoms with Crippen molar-refractivity contribution in [3.05, 3.63) is 66.0 Å². The van der Waals surface area contributed by atoms with E-state index in [1.807, 2.05) is 0 Å². The third kappa shape index (κ3) is 3.67. The second-order valence-electron chi connectivity index (χ2n) is 3.85. The molecule has 0 aliphatic rings. The Kier molecular flexibility index (Phi) is 5.00. The number of aromatic nitrogens is 1. The predicted molar refractivity (Wildman–Crippen MR) is 61.5 cm³/mol. The van der Waals surface area contributed by atoms with E-state index in [9.17, 15) is 0 Å². The van der Waals surface area contributed by atoms with Gasteiger partial charge in [-0.1, -0.05) is 30.3 Å². The number of pyridine rings is 1. The lowest BCUT2D eigenvalue weighted by atomic mass is 10.1. The molecule has 0 amide bonds. The van der Waals surface area contributed by atoms with Gasteiger partial charge in [0.2, 0.25) is 0 Å². The molecule has 0 aliphatic heterocycles. The molecule has 0 saturated carbocycles. The first-order valence-corrected chi connectivity index (χ1v) is 5.34. The maximum Gasteiger partial charge on any atom is 0.169 e. The molecule has 0 N–H and O–H groups in total. The van der Waals surface area contributed by atoms with Gasteiger partial charge in [0, 0.05) is 18.6 Å². The molecule has 84 valence electrons. The molecule has 0 bridgehead atoms. The average molecular weight is 234 g/mol. The first-order valence-electron chi connectivity index (χ1n) is 5.34. The van der Waals surface area contributed by atoms with Gasteiger partial charge in [0.05, 0.1) is 0 Å². The van der Waals surface area contributed by atoms with E-state index in [4.69, 9.17) is 0 Å². The van der Waals surface area contributed by atoms with Gasteiger partial charge >= 0.3 is 0 Å². The van der Waals surface area contributed by atoms with E-state index < -0.39 is 0 Å². The highest BCUT2D eigenvalue weighted by molar-refractivity contribution is 5.14. The highest BCUT2D eigenvalue weighted by atomic mass is 35.5. The maximum atomic E-state index is 2.22. The minimum atomic E-state index is 0. The quantitative estimate of drug-likeness (QED) is 0.632. The molecule has 0 fully saturated rings. The molecular weight excluding hydrogens is 218 g/mol. The fourth-order valence-electron chi connectivity index (χ4n) is 1.58. The first-order chi connectivity index (χ1) is 7.34. The van der Waals surface area contributed by atoms with Crippen LogP contribution in [0.1, 0.15) is 11.1 Å². The van der Waals surface area contributed by atoms with Crippen LogP contribution in [0.4, 0.5) is 0 Å². The lowest BCUT2D eigenvalue weighted by Crippen LogP contribution is -3.00.